The second kappa shape index (κ2) is 6.38. The first-order chi connectivity index (χ1) is 6.59. The highest BCUT2D eigenvalue weighted by Gasteiger charge is 2.02. The lowest BCUT2D eigenvalue weighted by atomic mass is 10.2. The number of hydrogen-bond donors (Lipinski definition) is 1. The SMILES string of the molecule is CC.CN(C)Cc1cc(N)ccc1F. The Bertz CT molecular complexity index is 272. The molecular weight excluding hydrogens is 179 g/mol. The Morgan fingerprint density at radius 3 is 2.36 bits per heavy atom. The average molecular weight is 198 g/mol. The van der Waals surface area contributed by atoms with Gasteiger partial charge in [-0.15, -0.1) is 0 Å². The van der Waals surface area contributed by atoms with E-state index in [1.165, 1.54) is 6.07 Å². The quantitative estimate of drug-likeness (QED) is 0.740. The fourth-order valence-electron chi connectivity index (χ4n) is 1.06. The molecule has 1 rings (SSSR count). The Balaban J connectivity index is 0.000000791. The van der Waals surface area contributed by atoms with Gasteiger partial charge in [0.05, 0.1) is 0 Å². The van der Waals surface area contributed by atoms with Gasteiger partial charge in [0.1, 0.15) is 5.82 Å². The zero-order valence-electron chi connectivity index (χ0n) is 9.34. The van der Waals surface area contributed by atoms with Gasteiger partial charge < -0.3 is 10.6 Å². The smallest absolute Gasteiger partial charge is 0.127 e. The fraction of sp³-hybridized carbons (Fsp3) is 0.455. The summed E-state index contributed by atoms with van der Waals surface area (Å²) in [6, 6.07) is 4.62. The minimum absolute atomic E-state index is 0.196. The lowest BCUT2D eigenvalue weighted by Crippen LogP contribution is -2.12. The summed E-state index contributed by atoms with van der Waals surface area (Å²) in [5.41, 5.74) is 6.76. The summed E-state index contributed by atoms with van der Waals surface area (Å²) >= 11 is 0. The Morgan fingerprint density at radius 2 is 1.86 bits per heavy atom. The largest absolute Gasteiger partial charge is 0.399 e. The Hall–Kier alpha value is -1.09. The zero-order valence-corrected chi connectivity index (χ0v) is 9.34. The predicted molar refractivity (Wildman–Crippen MR) is 59.6 cm³/mol. The maximum absolute atomic E-state index is 13.0. The highest BCUT2D eigenvalue weighted by molar-refractivity contribution is 5.41. The van der Waals surface area contributed by atoms with Crippen molar-refractivity contribution in [1.82, 2.24) is 4.90 Å². The topological polar surface area (TPSA) is 29.3 Å². The number of nitrogens with zero attached hydrogens (tertiary/aromatic N) is 1. The van der Waals surface area contributed by atoms with Crippen molar-refractivity contribution in [3.63, 3.8) is 0 Å². The van der Waals surface area contributed by atoms with E-state index in [-0.39, 0.29) is 5.82 Å². The standard InChI is InChI=1S/C9H13FN2.C2H6/c1-12(2)6-7-5-8(11)3-4-9(7)10;1-2/h3-5H,6,11H2,1-2H3;1-2H3. The molecule has 0 aliphatic rings. The van der Waals surface area contributed by atoms with Gasteiger partial charge in [0.25, 0.3) is 0 Å². The number of hydrogen-bond acceptors (Lipinski definition) is 2. The maximum Gasteiger partial charge on any atom is 0.127 e. The molecule has 0 fully saturated rings. The van der Waals surface area contributed by atoms with E-state index >= 15 is 0 Å². The summed E-state index contributed by atoms with van der Waals surface area (Å²) in [6.45, 7) is 4.58. The predicted octanol–water partition coefficient (Wildman–Crippen LogP) is 2.50. The van der Waals surface area contributed by atoms with Gasteiger partial charge in [0, 0.05) is 17.8 Å². The van der Waals surface area contributed by atoms with Crippen LogP contribution in [0.25, 0.3) is 0 Å². The molecule has 0 saturated carbocycles. The molecule has 0 bridgehead atoms. The third-order valence-corrected chi connectivity index (χ3v) is 1.56. The molecule has 0 spiro atoms. The van der Waals surface area contributed by atoms with Crippen LogP contribution in [0.5, 0.6) is 0 Å². The van der Waals surface area contributed by atoms with Gasteiger partial charge in [0.15, 0.2) is 0 Å². The molecule has 0 aliphatic heterocycles. The molecule has 0 heterocycles. The summed E-state index contributed by atoms with van der Waals surface area (Å²) in [7, 11) is 3.78. The molecule has 0 atom stereocenters. The number of nitrogen functional groups attached to an aromatic ring is 1. The van der Waals surface area contributed by atoms with E-state index < -0.39 is 0 Å². The highest BCUT2D eigenvalue weighted by Crippen LogP contribution is 2.12. The summed E-state index contributed by atoms with van der Waals surface area (Å²) in [5, 5.41) is 0. The molecule has 14 heavy (non-hydrogen) atoms. The third-order valence-electron chi connectivity index (χ3n) is 1.56. The van der Waals surface area contributed by atoms with E-state index in [4.69, 9.17) is 5.73 Å². The lowest BCUT2D eigenvalue weighted by Gasteiger charge is -2.10. The van der Waals surface area contributed by atoms with Gasteiger partial charge in [-0.2, -0.15) is 0 Å². The van der Waals surface area contributed by atoms with E-state index in [1.54, 1.807) is 12.1 Å². The van der Waals surface area contributed by atoms with Crippen molar-refractivity contribution in [2.75, 3.05) is 19.8 Å². The van der Waals surface area contributed by atoms with E-state index in [0.29, 0.717) is 17.8 Å². The van der Waals surface area contributed by atoms with Gasteiger partial charge >= 0.3 is 0 Å². The molecule has 2 nitrogen and oxygen atoms in total. The number of anilines is 1. The molecule has 0 saturated heterocycles. The molecule has 0 aromatic heterocycles. The monoisotopic (exact) mass is 198 g/mol. The molecule has 0 radical (unpaired) electrons. The molecule has 0 aliphatic carbocycles. The van der Waals surface area contributed by atoms with Crippen LogP contribution in [-0.4, -0.2) is 19.0 Å². The van der Waals surface area contributed by atoms with Crippen molar-refractivity contribution >= 4 is 5.69 Å². The number of nitrogens with two attached hydrogens (primary N) is 1. The number of halogens is 1. The van der Waals surface area contributed by atoms with Gasteiger partial charge in [-0.25, -0.2) is 4.39 Å². The Labute approximate surface area is 85.5 Å². The van der Waals surface area contributed by atoms with Crippen LogP contribution in [-0.2, 0) is 6.54 Å². The van der Waals surface area contributed by atoms with Gasteiger partial charge in [-0.3, -0.25) is 0 Å². The summed E-state index contributed by atoms with van der Waals surface area (Å²) in [5.74, 6) is -0.196. The summed E-state index contributed by atoms with van der Waals surface area (Å²) in [4.78, 5) is 1.90. The summed E-state index contributed by atoms with van der Waals surface area (Å²) < 4.78 is 13.0. The van der Waals surface area contributed by atoms with Crippen molar-refractivity contribution in [3.05, 3.63) is 29.6 Å². The van der Waals surface area contributed by atoms with E-state index in [1.807, 2.05) is 32.8 Å². The molecule has 1 aromatic rings. The van der Waals surface area contributed by atoms with Crippen molar-refractivity contribution in [2.45, 2.75) is 20.4 Å². The Morgan fingerprint density at radius 1 is 1.29 bits per heavy atom. The molecule has 2 N–H and O–H groups in total. The molecule has 1 aromatic carbocycles. The van der Waals surface area contributed by atoms with Gasteiger partial charge in [0.2, 0.25) is 0 Å². The normalized spacial score (nSPS) is 9.57. The van der Waals surface area contributed by atoms with Crippen LogP contribution < -0.4 is 5.73 Å². The minimum Gasteiger partial charge on any atom is -0.399 e. The fourth-order valence-corrected chi connectivity index (χ4v) is 1.06. The van der Waals surface area contributed by atoms with Crippen LogP contribution in [0.3, 0.4) is 0 Å². The first kappa shape index (κ1) is 12.9. The van der Waals surface area contributed by atoms with Crippen molar-refractivity contribution in [1.29, 1.82) is 0 Å². The summed E-state index contributed by atoms with van der Waals surface area (Å²) in [6.07, 6.45) is 0. The molecule has 0 amide bonds. The molecular formula is C11H19FN2. The highest BCUT2D eigenvalue weighted by atomic mass is 19.1. The van der Waals surface area contributed by atoms with Crippen molar-refractivity contribution in [3.8, 4) is 0 Å². The van der Waals surface area contributed by atoms with Crippen LogP contribution in [0.1, 0.15) is 19.4 Å². The first-order valence-electron chi connectivity index (χ1n) is 4.78. The number of rotatable bonds is 2. The van der Waals surface area contributed by atoms with Crippen LogP contribution in [0.15, 0.2) is 18.2 Å². The Kier molecular flexibility index (Phi) is 5.88. The first-order valence-corrected chi connectivity index (χ1v) is 4.78. The second-order valence-corrected chi connectivity index (χ2v) is 3.09. The average Bonchev–Trinajstić information content (AvgIpc) is 2.14. The van der Waals surface area contributed by atoms with E-state index in [2.05, 4.69) is 0 Å². The van der Waals surface area contributed by atoms with Gasteiger partial charge in [-0.05, 0) is 32.3 Å². The lowest BCUT2D eigenvalue weighted by molar-refractivity contribution is 0.392. The zero-order chi connectivity index (χ0) is 11.1. The molecule has 80 valence electrons. The maximum atomic E-state index is 13.0. The van der Waals surface area contributed by atoms with Crippen LogP contribution in [0.4, 0.5) is 10.1 Å². The number of benzene rings is 1. The van der Waals surface area contributed by atoms with Crippen molar-refractivity contribution < 1.29 is 4.39 Å². The van der Waals surface area contributed by atoms with Crippen LogP contribution >= 0.6 is 0 Å². The second-order valence-electron chi connectivity index (χ2n) is 3.09. The van der Waals surface area contributed by atoms with E-state index in [9.17, 15) is 4.39 Å². The van der Waals surface area contributed by atoms with E-state index in [0.717, 1.165) is 0 Å². The minimum atomic E-state index is -0.196. The van der Waals surface area contributed by atoms with Crippen LogP contribution in [0.2, 0.25) is 0 Å². The third kappa shape index (κ3) is 4.23. The van der Waals surface area contributed by atoms with Crippen molar-refractivity contribution in [2.24, 2.45) is 0 Å². The molecule has 0 unspecified atom stereocenters. The van der Waals surface area contributed by atoms with Gasteiger partial charge in [-0.1, -0.05) is 13.8 Å². The van der Waals surface area contributed by atoms with Crippen LogP contribution in [0, 0.1) is 5.82 Å². The molecule has 3 heteroatoms.